The molecule has 106 valence electrons. The minimum Gasteiger partial charge on any atom is -0.328 e. The van der Waals surface area contributed by atoms with Crippen molar-refractivity contribution >= 4 is 22.6 Å². The molecule has 0 spiro atoms. The van der Waals surface area contributed by atoms with Crippen molar-refractivity contribution < 1.29 is 0 Å². The third-order valence-corrected chi connectivity index (χ3v) is 4.06. The summed E-state index contributed by atoms with van der Waals surface area (Å²) in [4.78, 5) is 4.67. The van der Waals surface area contributed by atoms with Crippen molar-refractivity contribution in [2.24, 2.45) is 5.92 Å². The number of hydrogen-bond donors (Lipinski definition) is 0. The van der Waals surface area contributed by atoms with Gasteiger partial charge in [0.2, 0.25) is 0 Å². The zero-order valence-corrected chi connectivity index (χ0v) is 12.8. The van der Waals surface area contributed by atoms with Gasteiger partial charge in [0, 0.05) is 18.8 Å². The van der Waals surface area contributed by atoms with E-state index in [2.05, 4.69) is 29.5 Å². The second-order valence-corrected chi connectivity index (χ2v) is 5.45. The van der Waals surface area contributed by atoms with Gasteiger partial charge in [-0.25, -0.2) is 4.98 Å². The Morgan fingerprint density at radius 3 is 2.70 bits per heavy atom. The number of nitrogens with zero attached hydrogens (tertiary/aromatic N) is 3. The fraction of sp³-hybridized carbons (Fsp3) is 0.500. The van der Waals surface area contributed by atoms with Gasteiger partial charge in [-0.1, -0.05) is 26.7 Å². The molecule has 0 saturated carbocycles. The van der Waals surface area contributed by atoms with Gasteiger partial charge in [-0.2, -0.15) is 5.26 Å². The van der Waals surface area contributed by atoms with Crippen molar-refractivity contribution in [2.45, 2.75) is 39.7 Å². The summed E-state index contributed by atoms with van der Waals surface area (Å²) in [6, 6.07) is 7.88. The Balaban J connectivity index is 2.51. The second kappa shape index (κ2) is 6.76. The highest BCUT2D eigenvalue weighted by atomic mass is 35.5. The number of rotatable bonds is 6. The lowest BCUT2D eigenvalue weighted by atomic mass is 10.0. The minimum absolute atomic E-state index is 0.567. The third-order valence-electron chi connectivity index (χ3n) is 3.87. The van der Waals surface area contributed by atoms with Crippen molar-refractivity contribution in [1.82, 2.24) is 9.55 Å². The number of nitriles is 1. The van der Waals surface area contributed by atoms with Gasteiger partial charge in [-0.05, 0) is 24.1 Å². The summed E-state index contributed by atoms with van der Waals surface area (Å²) in [5, 5.41) is 9.07. The Morgan fingerprint density at radius 2 is 2.10 bits per heavy atom. The molecular formula is C16H20ClN3. The van der Waals surface area contributed by atoms with E-state index in [-0.39, 0.29) is 0 Å². The van der Waals surface area contributed by atoms with Crippen LogP contribution < -0.4 is 0 Å². The number of imidazole rings is 1. The molecule has 0 aliphatic rings. The Bertz CT molecular complexity index is 620. The zero-order valence-electron chi connectivity index (χ0n) is 12.1. The maximum Gasteiger partial charge on any atom is 0.111 e. The second-order valence-electron chi connectivity index (χ2n) is 5.08. The molecule has 3 nitrogen and oxygen atoms in total. The number of fused-ring (bicyclic) bond motifs is 1. The topological polar surface area (TPSA) is 41.6 Å². The first kappa shape index (κ1) is 14.9. The van der Waals surface area contributed by atoms with Gasteiger partial charge in [0.05, 0.1) is 22.7 Å². The minimum atomic E-state index is 0.567. The molecule has 0 saturated heterocycles. The first-order valence-corrected chi connectivity index (χ1v) is 7.72. The summed E-state index contributed by atoms with van der Waals surface area (Å²) < 4.78 is 2.25. The number of alkyl halides is 1. The predicted octanol–water partition coefficient (Wildman–Crippen LogP) is 4.13. The molecule has 2 rings (SSSR count). The monoisotopic (exact) mass is 289 g/mol. The van der Waals surface area contributed by atoms with Crippen molar-refractivity contribution in [3.63, 3.8) is 0 Å². The van der Waals surface area contributed by atoms with E-state index in [0.717, 1.165) is 42.7 Å². The van der Waals surface area contributed by atoms with Gasteiger partial charge in [0.15, 0.2) is 0 Å². The highest BCUT2D eigenvalue weighted by molar-refractivity contribution is 6.17. The standard InChI is InChI=1S/C16H20ClN3/c1-3-12(4-2)11-20-15-9-13(10-18)5-6-14(15)19-16(20)7-8-17/h5-6,9,12H,3-4,7-8,11H2,1-2H3. The molecular weight excluding hydrogens is 270 g/mol. The quantitative estimate of drug-likeness (QED) is 0.751. The normalized spacial score (nSPS) is 11.2. The first-order chi connectivity index (χ1) is 9.73. The molecule has 20 heavy (non-hydrogen) atoms. The number of halogens is 1. The van der Waals surface area contributed by atoms with Crippen molar-refractivity contribution in [1.29, 1.82) is 5.26 Å². The van der Waals surface area contributed by atoms with Crippen LogP contribution in [-0.2, 0) is 13.0 Å². The molecule has 0 unspecified atom stereocenters. The van der Waals surface area contributed by atoms with Gasteiger partial charge in [-0.15, -0.1) is 11.6 Å². The van der Waals surface area contributed by atoms with E-state index in [0.29, 0.717) is 17.4 Å². The largest absolute Gasteiger partial charge is 0.328 e. The van der Waals surface area contributed by atoms with E-state index in [1.165, 1.54) is 0 Å². The van der Waals surface area contributed by atoms with Gasteiger partial charge in [-0.3, -0.25) is 0 Å². The molecule has 4 heteroatoms. The van der Waals surface area contributed by atoms with Gasteiger partial charge in [0.25, 0.3) is 0 Å². The van der Waals surface area contributed by atoms with Crippen LogP contribution in [0.4, 0.5) is 0 Å². The molecule has 0 bridgehead atoms. The Hall–Kier alpha value is -1.53. The summed E-state index contributed by atoms with van der Waals surface area (Å²) in [7, 11) is 0. The molecule has 1 heterocycles. The Labute approximate surface area is 125 Å². The average molecular weight is 290 g/mol. The maximum absolute atomic E-state index is 9.07. The van der Waals surface area contributed by atoms with Crippen molar-refractivity contribution in [3.8, 4) is 6.07 Å². The van der Waals surface area contributed by atoms with Gasteiger partial charge in [0.1, 0.15) is 5.82 Å². The van der Waals surface area contributed by atoms with Crippen LogP contribution in [0.3, 0.4) is 0 Å². The molecule has 1 aromatic heterocycles. The van der Waals surface area contributed by atoms with Crippen LogP contribution in [0.25, 0.3) is 11.0 Å². The van der Waals surface area contributed by atoms with Crippen LogP contribution >= 0.6 is 11.6 Å². The first-order valence-electron chi connectivity index (χ1n) is 7.18. The summed E-state index contributed by atoms with van der Waals surface area (Å²) in [6.07, 6.45) is 3.06. The fourth-order valence-corrected chi connectivity index (χ4v) is 2.70. The fourth-order valence-electron chi connectivity index (χ4n) is 2.53. The van der Waals surface area contributed by atoms with Gasteiger partial charge >= 0.3 is 0 Å². The molecule has 0 amide bonds. The Morgan fingerprint density at radius 1 is 1.35 bits per heavy atom. The molecule has 0 aliphatic heterocycles. The van der Waals surface area contributed by atoms with Crippen LogP contribution in [-0.4, -0.2) is 15.4 Å². The van der Waals surface area contributed by atoms with E-state index < -0.39 is 0 Å². The lowest BCUT2D eigenvalue weighted by molar-refractivity contribution is 0.417. The van der Waals surface area contributed by atoms with Gasteiger partial charge < -0.3 is 4.57 Å². The van der Waals surface area contributed by atoms with Crippen LogP contribution in [0.2, 0.25) is 0 Å². The maximum atomic E-state index is 9.07. The highest BCUT2D eigenvalue weighted by Gasteiger charge is 2.14. The highest BCUT2D eigenvalue weighted by Crippen LogP contribution is 2.22. The molecule has 1 aromatic carbocycles. The smallest absolute Gasteiger partial charge is 0.111 e. The summed E-state index contributed by atoms with van der Waals surface area (Å²) in [5.74, 6) is 2.22. The lowest BCUT2D eigenvalue weighted by Crippen LogP contribution is -2.12. The summed E-state index contributed by atoms with van der Waals surface area (Å²) >= 11 is 5.89. The van der Waals surface area contributed by atoms with Crippen LogP contribution in [0, 0.1) is 17.2 Å². The van der Waals surface area contributed by atoms with Crippen molar-refractivity contribution in [2.75, 3.05) is 5.88 Å². The van der Waals surface area contributed by atoms with E-state index >= 15 is 0 Å². The van der Waals surface area contributed by atoms with E-state index in [4.69, 9.17) is 16.9 Å². The summed E-state index contributed by atoms with van der Waals surface area (Å²) in [6.45, 7) is 5.38. The lowest BCUT2D eigenvalue weighted by Gasteiger charge is -2.16. The number of aryl methyl sites for hydroxylation is 1. The molecule has 0 radical (unpaired) electrons. The predicted molar refractivity (Wildman–Crippen MR) is 82.9 cm³/mol. The Kier molecular flexibility index (Phi) is 5.03. The van der Waals surface area contributed by atoms with E-state index in [9.17, 15) is 0 Å². The van der Waals surface area contributed by atoms with Crippen molar-refractivity contribution in [3.05, 3.63) is 29.6 Å². The molecule has 0 N–H and O–H groups in total. The number of hydrogen-bond acceptors (Lipinski definition) is 2. The number of benzene rings is 1. The van der Waals surface area contributed by atoms with Crippen LogP contribution in [0.5, 0.6) is 0 Å². The van der Waals surface area contributed by atoms with Crippen LogP contribution in [0.15, 0.2) is 18.2 Å². The SMILES string of the molecule is CCC(CC)Cn1c(CCCl)nc2ccc(C#N)cc21. The molecule has 0 aliphatic carbocycles. The molecule has 2 aromatic rings. The molecule has 0 fully saturated rings. The average Bonchev–Trinajstić information content (AvgIpc) is 2.81. The van der Waals surface area contributed by atoms with E-state index in [1.54, 1.807) is 0 Å². The summed E-state index contributed by atoms with van der Waals surface area (Å²) in [5.41, 5.74) is 2.69. The van der Waals surface area contributed by atoms with Crippen LogP contribution in [0.1, 0.15) is 38.1 Å². The zero-order chi connectivity index (χ0) is 14.5. The molecule has 0 atom stereocenters. The van der Waals surface area contributed by atoms with E-state index in [1.807, 2.05) is 18.2 Å². The third kappa shape index (κ3) is 2.96. The number of aromatic nitrogens is 2.